The summed E-state index contributed by atoms with van der Waals surface area (Å²) in [6.45, 7) is -1.34. The molecule has 0 aliphatic rings. The number of hydrogen-bond acceptors (Lipinski definition) is 0. The number of nitrogens with zero attached hydrogens (tertiary/aromatic N) is 1. The van der Waals surface area contributed by atoms with E-state index in [9.17, 15) is 26.3 Å². The molecule has 0 atom stereocenters. The van der Waals surface area contributed by atoms with E-state index in [1.54, 1.807) is 0 Å². The Kier molecular flexibility index (Phi) is 3.48. The largest absolute Gasteiger partial charge is 0.375 e. The van der Waals surface area contributed by atoms with Crippen LogP contribution >= 0.6 is 0 Å². The molecule has 0 saturated heterocycles. The number of alkyl halides is 6. The summed E-state index contributed by atoms with van der Waals surface area (Å²) in [5.41, 5.74) is 0. The van der Waals surface area contributed by atoms with E-state index in [1.807, 2.05) is 0 Å². The Morgan fingerprint density at radius 1 is 1.00 bits per heavy atom. The van der Waals surface area contributed by atoms with Gasteiger partial charge in [-0.2, -0.15) is 17.6 Å². The zero-order valence-electron chi connectivity index (χ0n) is 8.00. The predicted molar refractivity (Wildman–Crippen MR) is 38.8 cm³/mol. The quantitative estimate of drug-likeness (QED) is 0.507. The van der Waals surface area contributed by atoms with Gasteiger partial charge in [0.25, 0.3) is 0 Å². The highest BCUT2D eigenvalue weighted by atomic mass is 19.3. The molecule has 0 aromatic rings. The molecule has 0 fully saturated rings. The van der Waals surface area contributed by atoms with Gasteiger partial charge in [0.2, 0.25) is 0 Å². The highest BCUT2D eigenvalue weighted by Gasteiger charge is 2.65. The SMILES string of the molecule is C[N+](C)(C)CC(F)(F)C(F)(F)C(F)F. The Bertz CT molecular complexity index is 195. The molecule has 0 N–H and O–H groups in total. The minimum absolute atomic E-state index is 0.519. The van der Waals surface area contributed by atoms with Gasteiger partial charge in [0.1, 0.15) is 6.54 Å². The smallest absolute Gasteiger partial charge is 0.326 e. The Morgan fingerprint density at radius 3 is 1.57 bits per heavy atom. The van der Waals surface area contributed by atoms with Crippen LogP contribution in [0, 0.1) is 0 Å². The number of hydrogen-bond donors (Lipinski definition) is 0. The lowest BCUT2D eigenvalue weighted by Gasteiger charge is -2.32. The van der Waals surface area contributed by atoms with Crippen molar-refractivity contribution in [3.05, 3.63) is 0 Å². The maximum absolute atomic E-state index is 12.7. The van der Waals surface area contributed by atoms with E-state index in [0.29, 0.717) is 0 Å². The van der Waals surface area contributed by atoms with Crippen molar-refractivity contribution in [2.24, 2.45) is 0 Å². The zero-order valence-corrected chi connectivity index (χ0v) is 8.00. The summed E-state index contributed by atoms with van der Waals surface area (Å²) in [4.78, 5) is 0. The fourth-order valence-electron chi connectivity index (χ4n) is 0.861. The molecule has 0 aromatic heterocycles. The van der Waals surface area contributed by atoms with Gasteiger partial charge < -0.3 is 4.48 Å². The summed E-state index contributed by atoms with van der Waals surface area (Å²) in [6.07, 6.45) is -4.36. The van der Waals surface area contributed by atoms with Crippen molar-refractivity contribution in [2.75, 3.05) is 27.7 Å². The highest BCUT2D eigenvalue weighted by Crippen LogP contribution is 2.39. The minimum atomic E-state index is -5.28. The van der Waals surface area contributed by atoms with Crippen molar-refractivity contribution in [1.82, 2.24) is 0 Å². The minimum Gasteiger partial charge on any atom is -0.326 e. The number of quaternary nitrogens is 1. The second-order valence-electron chi connectivity index (χ2n) is 4.08. The summed E-state index contributed by atoms with van der Waals surface area (Å²) in [6, 6.07) is 0. The molecule has 7 heteroatoms. The fraction of sp³-hybridized carbons (Fsp3) is 1.00. The molecule has 0 amide bonds. The molecule has 0 aromatic carbocycles. The van der Waals surface area contributed by atoms with Crippen LogP contribution in [0.5, 0.6) is 0 Å². The first kappa shape index (κ1) is 13.5. The number of halogens is 6. The molecule has 0 rings (SSSR count). The Balaban J connectivity index is 4.78. The van der Waals surface area contributed by atoms with E-state index in [2.05, 4.69) is 0 Å². The van der Waals surface area contributed by atoms with Gasteiger partial charge in [-0.3, -0.25) is 0 Å². The molecule has 0 heterocycles. The van der Waals surface area contributed by atoms with Crippen molar-refractivity contribution in [2.45, 2.75) is 18.3 Å². The lowest BCUT2D eigenvalue weighted by Crippen LogP contribution is -2.56. The standard InChI is InChI=1S/C7H12F6N/c1-14(2,3)4-6(10,11)7(12,13)5(8)9/h5H,4H2,1-3H3/q+1. The first-order valence-corrected chi connectivity index (χ1v) is 3.74. The van der Waals surface area contributed by atoms with Crippen molar-refractivity contribution < 1.29 is 30.8 Å². The van der Waals surface area contributed by atoms with Gasteiger partial charge >= 0.3 is 18.3 Å². The zero-order chi connectivity index (χ0) is 11.8. The van der Waals surface area contributed by atoms with Crippen molar-refractivity contribution >= 4 is 0 Å². The van der Waals surface area contributed by atoms with E-state index in [-0.39, 0.29) is 0 Å². The van der Waals surface area contributed by atoms with E-state index < -0.39 is 29.3 Å². The first-order chi connectivity index (χ1) is 5.90. The second kappa shape index (κ2) is 3.60. The second-order valence-corrected chi connectivity index (χ2v) is 4.08. The third kappa shape index (κ3) is 3.04. The molecular formula is C7H12F6N+. The predicted octanol–water partition coefficient (Wildman–Crippen LogP) is 2.23. The summed E-state index contributed by atoms with van der Waals surface area (Å²) >= 11 is 0. The molecule has 14 heavy (non-hydrogen) atoms. The van der Waals surface area contributed by atoms with Crippen molar-refractivity contribution in [3.8, 4) is 0 Å². The van der Waals surface area contributed by atoms with Crippen LogP contribution in [0.15, 0.2) is 0 Å². The Hall–Kier alpha value is -0.460. The van der Waals surface area contributed by atoms with Gasteiger partial charge in [0.05, 0.1) is 21.1 Å². The first-order valence-electron chi connectivity index (χ1n) is 3.74. The van der Waals surface area contributed by atoms with E-state index in [1.165, 1.54) is 21.1 Å². The monoisotopic (exact) mass is 224 g/mol. The van der Waals surface area contributed by atoms with E-state index in [4.69, 9.17) is 0 Å². The molecule has 0 unspecified atom stereocenters. The van der Waals surface area contributed by atoms with Crippen LogP contribution in [0.1, 0.15) is 0 Å². The Labute approximate surface area is 77.9 Å². The molecule has 0 bridgehead atoms. The molecule has 0 saturated carbocycles. The molecule has 0 radical (unpaired) electrons. The lowest BCUT2D eigenvalue weighted by molar-refractivity contribution is -0.880. The van der Waals surface area contributed by atoms with Crippen LogP contribution in [0.2, 0.25) is 0 Å². The van der Waals surface area contributed by atoms with Crippen LogP contribution < -0.4 is 0 Å². The molecule has 0 spiro atoms. The average Bonchev–Trinajstić information content (AvgIpc) is 1.80. The van der Waals surface area contributed by atoms with Gasteiger partial charge in [-0.25, -0.2) is 8.78 Å². The van der Waals surface area contributed by atoms with Gasteiger partial charge in [-0.1, -0.05) is 0 Å². The van der Waals surface area contributed by atoms with Gasteiger partial charge in [-0.15, -0.1) is 0 Å². The normalized spacial score (nSPS) is 15.0. The highest BCUT2D eigenvalue weighted by molar-refractivity contribution is 4.86. The average molecular weight is 224 g/mol. The van der Waals surface area contributed by atoms with E-state index in [0.717, 1.165) is 0 Å². The molecular weight excluding hydrogens is 212 g/mol. The van der Waals surface area contributed by atoms with Crippen molar-refractivity contribution in [1.29, 1.82) is 0 Å². The third-order valence-corrected chi connectivity index (χ3v) is 1.43. The summed E-state index contributed by atoms with van der Waals surface area (Å²) in [5, 5.41) is 0. The summed E-state index contributed by atoms with van der Waals surface area (Å²) in [7, 11) is 3.65. The van der Waals surface area contributed by atoms with Crippen molar-refractivity contribution in [3.63, 3.8) is 0 Å². The van der Waals surface area contributed by atoms with Crippen LogP contribution in [-0.2, 0) is 0 Å². The van der Waals surface area contributed by atoms with E-state index >= 15 is 0 Å². The molecule has 0 aliphatic carbocycles. The van der Waals surface area contributed by atoms with Crippen LogP contribution in [0.4, 0.5) is 26.3 Å². The van der Waals surface area contributed by atoms with Gasteiger partial charge in [0.15, 0.2) is 0 Å². The summed E-state index contributed by atoms with van der Waals surface area (Å²) in [5.74, 6) is -9.99. The van der Waals surface area contributed by atoms with Gasteiger partial charge in [-0.05, 0) is 0 Å². The van der Waals surface area contributed by atoms with Crippen LogP contribution in [0.25, 0.3) is 0 Å². The number of rotatable bonds is 4. The maximum Gasteiger partial charge on any atom is 0.375 e. The molecule has 0 aliphatic heterocycles. The van der Waals surface area contributed by atoms with Gasteiger partial charge in [0, 0.05) is 0 Å². The summed E-state index contributed by atoms with van der Waals surface area (Å²) < 4.78 is 72.9. The third-order valence-electron chi connectivity index (χ3n) is 1.43. The molecule has 86 valence electrons. The topological polar surface area (TPSA) is 0 Å². The van der Waals surface area contributed by atoms with Crippen LogP contribution in [-0.4, -0.2) is 50.4 Å². The van der Waals surface area contributed by atoms with Crippen LogP contribution in [0.3, 0.4) is 0 Å². The molecule has 1 nitrogen and oxygen atoms in total. The maximum atomic E-state index is 12.7. The fourth-order valence-corrected chi connectivity index (χ4v) is 0.861. The Morgan fingerprint density at radius 2 is 1.36 bits per heavy atom. The lowest BCUT2D eigenvalue weighted by atomic mass is 10.1.